The van der Waals surface area contributed by atoms with Crippen LogP contribution in [0.1, 0.15) is 47.0 Å². The first-order chi connectivity index (χ1) is 6.32. The predicted molar refractivity (Wildman–Crippen MR) is 58.0 cm³/mol. The van der Waals surface area contributed by atoms with Crippen LogP contribution in [0.5, 0.6) is 0 Å². The van der Waals surface area contributed by atoms with Crippen molar-refractivity contribution in [3.05, 3.63) is 0 Å². The molecule has 84 valence electrons. The normalized spacial score (nSPS) is 36.9. The zero-order valence-electron chi connectivity index (χ0n) is 9.83. The van der Waals surface area contributed by atoms with Crippen molar-refractivity contribution in [3.63, 3.8) is 0 Å². The molecule has 0 aromatic rings. The van der Waals surface area contributed by atoms with E-state index in [4.69, 9.17) is 0 Å². The number of aliphatic hydroxyl groups is 2. The second-order valence-electron chi connectivity index (χ2n) is 5.63. The maximum absolute atomic E-state index is 9.96. The Balaban J connectivity index is 2.55. The van der Waals surface area contributed by atoms with Gasteiger partial charge in [0.2, 0.25) is 0 Å². The molecule has 0 aromatic heterocycles. The van der Waals surface area contributed by atoms with E-state index >= 15 is 0 Å². The summed E-state index contributed by atoms with van der Waals surface area (Å²) < 4.78 is 0. The van der Waals surface area contributed by atoms with Gasteiger partial charge < -0.3 is 10.2 Å². The summed E-state index contributed by atoms with van der Waals surface area (Å²) in [5.74, 6) is 1.72. The molecular formula is C12H24O2. The Morgan fingerprint density at radius 3 is 2.14 bits per heavy atom. The zero-order chi connectivity index (χ0) is 10.9. The second kappa shape index (κ2) is 4.19. The zero-order valence-corrected chi connectivity index (χ0v) is 9.83. The minimum absolute atomic E-state index is 0.279. The first kappa shape index (κ1) is 12.0. The second-order valence-corrected chi connectivity index (χ2v) is 5.63. The first-order valence-corrected chi connectivity index (χ1v) is 5.72. The highest BCUT2D eigenvalue weighted by Gasteiger charge is 2.36. The van der Waals surface area contributed by atoms with Crippen LogP contribution in [0, 0.1) is 17.8 Å². The van der Waals surface area contributed by atoms with E-state index in [0.717, 1.165) is 18.8 Å². The van der Waals surface area contributed by atoms with E-state index in [9.17, 15) is 10.2 Å². The van der Waals surface area contributed by atoms with Gasteiger partial charge in [-0.1, -0.05) is 20.3 Å². The highest BCUT2D eigenvalue weighted by atomic mass is 16.3. The molecule has 0 aromatic carbocycles. The summed E-state index contributed by atoms with van der Waals surface area (Å²) in [7, 11) is 0. The molecular weight excluding hydrogens is 176 g/mol. The van der Waals surface area contributed by atoms with Crippen LogP contribution in [0.3, 0.4) is 0 Å². The molecule has 1 aliphatic carbocycles. The summed E-state index contributed by atoms with van der Waals surface area (Å²) in [4.78, 5) is 0. The van der Waals surface area contributed by atoms with Crippen molar-refractivity contribution >= 4 is 0 Å². The third kappa shape index (κ3) is 2.71. The topological polar surface area (TPSA) is 40.5 Å². The first-order valence-electron chi connectivity index (χ1n) is 5.72. The fourth-order valence-corrected chi connectivity index (χ4v) is 2.45. The summed E-state index contributed by atoms with van der Waals surface area (Å²) in [6, 6.07) is 0. The fourth-order valence-electron chi connectivity index (χ4n) is 2.45. The third-order valence-corrected chi connectivity index (χ3v) is 3.81. The average molecular weight is 200 g/mol. The Hall–Kier alpha value is -0.0800. The SMILES string of the molecule is CC1CCC(C(O)C(C)(C)O)CC1C. The smallest absolute Gasteiger partial charge is 0.0852 e. The van der Waals surface area contributed by atoms with Gasteiger partial charge in [0.05, 0.1) is 11.7 Å². The van der Waals surface area contributed by atoms with Crippen LogP contribution in [-0.4, -0.2) is 21.9 Å². The molecule has 2 N–H and O–H groups in total. The molecule has 1 saturated carbocycles. The van der Waals surface area contributed by atoms with Gasteiger partial charge in [-0.05, 0) is 44.4 Å². The van der Waals surface area contributed by atoms with Crippen molar-refractivity contribution < 1.29 is 10.2 Å². The summed E-state index contributed by atoms with van der Waals surface area (Å²) in [6.07, 6.45) is 2.71. The van der Waals surface area contributed by atoms with Crippen molar-refractivity contribution in [1.82, 2.24) is 0 Å². The molecule has 1 rings (SSSR count). The van der Waals surface area contributed by atoms with E-state index in [0.29, 0.717) is 5.92 Å². The van der Waals surface area contributed by atoms with Gasteiger partial charge in [-0.25, -0.2) is 0 Å². The van der Waals surface area contributed by atoms with Crippen molar-refractivity contribution in [3.8, 4) is 0 Å². The summed E-state index contributed by atoms with van der Waals surface area (Å²) in [5.41, 5.74) is -0.953. The van der Waals surface area contributed by atoms with E-state index in [1.54, 1.807) is 13.8 Å². The number of hydrogen-bond acceptors (Lipinski definition) is 2. The monoisotopic (exact) mass is 200 g/mol. The molecule has 0 radical (unpaired) electrons. The van der Waals surface area contributed by atoms with Crippen molar-refractivity contribution in [1.29, 1.82) is 0 Å². The molecule has 0 spiro atoms. The fraction of sp³-hybridized carbons (Fsp3) is 1.00. The lowest BCUT2D eigenvalue weighted by Gasteiger charge is -2.38. The van der Waals surface area contributed by atoms with Crippen LogP contribution in [0.25, 0.3) is 0 Å². The van der Waals surface area contributed by atoms with Gasteiger partial charge >= 0.3 is 0 Å². The third-order valence-electron chi connectivity index (χ3n) is 3.81. The molecule has 0 heterocycles. The van der Waals surface area contributed by atoms with Crippen LogP contribution in [0.2, 0.25) is 0 Å². The number of hydrogen-bond donors (Lipinski definition) is 2. The lowest BCUT2D eigenvalue weighted by atomic mass is 9.71. The molecule has 0 bridgehead atoms. The van der Waals surface area contributed by atoms with E-state index in [1.165, 1.54) is 6.42 Å². The average Bonchev–Trinajstić information content (AvgIpc) is 2.07. The maximum Gasteiger partial charge on any atom is 0.0852 e. The van der Waals surface area contributed by atoms with Crippen LogP contribution in [-0.2, 0) is 0 Å². The quantitative estimate of drug-likeness (QED) is 0.717. The van der Waals surface area contributed by atoms with Crippen molar-refractivity contribution in [2.45, 2.75) is 58.7 Å². The number of aliphatic hydroxyl groups excluding tert-OH is 1. The molecule has 0 amide bonds. The molecule has 14 heavy (non-hydrogen) atoms. The highest BCUT2D eigenvalue weighted by Crippen LogP contribution is 2.37. The van der Waals surface area contributed by atoms with Crippen molar-refractivity contribution in [2.24, 2.45) is 17.8 Å². The van der Waals surface area contributed by atoms with E-state index in [2.05, 4.69) is 13.8 Å². The lowest BCUT2D eigenvalue weighted by molar-refractivity contribution is -0.0899. The maximum atomic E-state index is 9.96. The molecule has 2 nitrogen and oxygen atoms in total. The summed E-state index contributed by atoms with van der Waals surface area (Å²) in [6.45, 7) is 7.91. The minimum Gasteiger partial charge on any atom is -0.390 e. The molecule has 0 aliphatic heterocycles. The van der Waals surface area contributed by atoms with E-state index in [-0.39, 0.29) is 5.92 Å². The number of rotatable bonds is 2. The van der Waals surface area contributed by atoms with Gasteiger partial charge in [0.25, 0.3) is 0 Å². The predicted octanol–water partition coefficient (Wildman–Crippen LogP) is 2.19. The van der Waals surface area contributed by atoms with Gasteiger partial charge in [0, 0.05) is 0 Å². The van der Waals surface area contributed by atoms with Crippen LogP contribution in [0.15, 0.2) is 0 Å². The molecule has 4 unspecified atom stereocenters. The Morgan fingerprint density at radius 1 is 1.14 bits per heavy atom. The Morgan fingerprint density at radius 2 is 1.71 bits per heavy atom. The van der Waals surface area contributed by atoms with E-state index in [1.807, 2.05) is 0 Å². The Bertz CT molecular complexity index is 183. The van der Waals surface area contributed by atoms with Gasteiger partial charge in [-0.3, -0.25) is 0 Å². The molecule has 1 aliphatic rings. The van der Waals surface area contributed by atoms with Gasteiger partial charge in [0.15, 0.2) is 0 Å². The molecule has 2 heteroatoms. The van der Waals surface area contributed by atoms with Gasteiger partial charge in [-0.15, -0.1) is 0 Å². The largest absolute Gasteiger partial charge is 0.390 e. The van der Waals surface area contributed by atoms with Crippen molar-refractivity contribution in [2.75, 3.05) is 0 Å². The highest BCUT2D eigenvalue weighted by molar-refractivity contribution is 4.87. The van der Waals surface area contributed by atoms with Gasteiger partial charge in [0.1, 0.15) is 0 Å². The van der Waals surface area contributed by atoms with Gasteiger partial charge in [-0.2, -0.15) is 0 Å². The summed E-state index contributed by atoms with van der Waals surface area (Å²) >= 11 is 0. The standard InChI is InChI=1S/C12H24O2/c1-8-5-6-10(7-9(8)2)11(13)12(3,4)14/h8-11,13-14H,5-7H2,1-4H3. The summed E-state index contributed by atoms with van der Waals surface area (Å²) in [5, 5.41) is 19.7. The minimum atomic E-state index is -0.953. The lowest BCUT2D eigenvalue weighted by Crippen LogP contribution is -2.43. The molecule has 4 atom stereocenters. The molecule has 0 saturated heterocycles. The van der Waals surface area contributed by atoms with Crippen LogP contribution >= 0.6 is 0 Å². The van der Waals surface area contributed by atoms with Crippen LogP contribution in [0.4, 0.5) is 0 Å². The van der Waals surface area contributed by atoms with E-state index < -0.39 is 11.7 Å². The van der Waals surface area contributed by atoms with Crippen LogP contribution < -0.4 is 0 Å². The molecule has 1 fully saturated rings. The Kier molecular flexibility index (Phi) is 3.59. The Labute approximate surface area is 87.3 Å².